The molecular weight excluding hydrogens is 842 g/mol. The molecule has 0 fully saturated rings. The van der Waals surface area contributed by atoms with Gasteiger partial charge in [-0.05, 0) is 0 Å². The molecule has 0 aromatic carbocycles. The molecule has 0 heterocycles. The first kappa shape index (κ1) is 13.2. The van der Waals surface area contributed by atoms with Crippen LogP contribution in [-0.4, -0.2) is 4.00 Å². The van der Waals surface area contributed by atoms with Gasteiger partial charge in [0.2, 0.25) is 0 Å². The van der Waals surface area contributed by atoms with Gasteiger partial charge in [-0.1, -0.05) is 0 Å². The van der Waals surface area contributed by atoms with E-state index >= 15 is 0 Å². The molecule has 0 aromatic heterocycles. The SMILES string of the molecule is I.[I][Pb]([I])([I])[I]. The molecule has 6 heteroatoms. The molecule has 0 aliphatic rings. The van der Waals surface area contributed by atoms with E-state index in [9.17, 15) is 0 Å². The second-order valence-electron chi connectivity index (χ2n) is 0.429. The van der Waals surface area contributed by atoms with E-state index in [1.807, 2.05) is 0 Å². The summed E-state index contributed by atoms with van der Waals surface area (Å²) >= 11 is 10.2. The summed E-state index contributed by atoms with van der Waals surface area (Å²) in [5.41, 5.74) is 0. The van der Waals surface area contributed by atoms with Gasteiger partial charge in [0.15, 0.2) is 0 Å². The first-order chi connectivity index (χ1) is 2.00. The quantitative estimate of drug-likeness (QED) is 0.258. The Balaban J connectivity index is 0. The molecule has 0 atom stereocenters. The van der Waals surface area contributed by atoms with Gasteiger partial charge in [-0.3, -0.25) is 0 Å². The fourth-order valence-electron chi connectivity index (χ4n) is 0. The second kappa shape index (κ2) is 6.29. The van der Waals surface area contributed by atoms with Gasteiger partial charge in [0, 0.05) is 0 Å². The molecular formula is HI5Pb. The van der Waals surface area contributed by atoms with Crippen molar-refractivity contribution in [1.29, 1.82) is 0 Å². The van der Waals surface area contributed by atoms with Gasteiger partial charge < -0.3 is 0 Å². The van der Waals surface area contributed by atoms with Crippen molar-refractivity contribution >= 4 is 99.0 Å². The van der Waals surface area contributed by atoms with Crippen molar-refractivity contribution < 1.29 is 0 Å². The molecule has 0 unspecified atom stereocenters. The van der Waals surface area contributed by atoms with Crippen LogP contribution in [0.3, 0.4) is 0 Å². The van der Waals surface area contributed by atoms with Crippen LogP contribution in [0.5, 0.6) is 0 Å². The molecule has 0 bridgehead atoms. The third-order valence-corrected chi connectivity index (χ3v) is 0. The third kappa shape index (κ3) is 23.5. The predicted octanol–water partition coefficient (Wildman–Crippen LogP) is 3.78. The topological polar surface area (TPSA) is 0 Å². The average Bonchev–Trinajstić information content (AvgIpc) is 0.722. The molecule has 0 aromatic rings. The Morgan fingerprint density at radius 3 is 0.833 bits per heavy atom. The summed E-state index contributed by atoms with van der Waals surface area (Å²) in [6, 6.07) is 0. The van der Waals surface area contributed by atoms with Crippen molar-refractivity contribution in [2.24, 2.45) is 0 Å². The van der Waals surface area contributed by atoms with E-state index in [4.69, 9.17) is 0 Å². The Morgan fingerprint density at radius 2 is 0.833 bits per heavy atom. The van der Waals surface area contributed by atoms with E-state index in [1.165, 1.54) is 0 Å². The number of hydrogen-bond acceptors (Lipinski definition) is 0. The third-order valence-electron chi connectivity index (χ3n) is 0. The van der Waals surface area contributed by atoms with Crippen molar-refractivity contribution in [2.45, 2.75) is 0 Å². The van der Waals surface area contributed by atoms with Crippen LogP contribution in [-0.2, 0) is 0 Å². The number of hydrogen-bond donors (Lipinski definition) is 0. The summed E-state index contributed by atoms with van der Waals surface area (Å²) in [6.45, 7) is 0. The summed E-state index contributed by atoms with van der Waals surface area (Å²) in [7, 11) is 0. The molecule has 0 aliphatic carbocycles. The fraction of sp³-hybridized carbons (Fsp3) is 0. The molecule has 0 saturated carbocycles. The zero-order chi connectivity index (χ0) is 4.50. The van der Waals surface area contributed by atoms with Gasteiger partial charge in [-0.25, -0.2) is 0 Å². The molecule has 40 valence electrons. The summed E-state index contributed by atoms with van der Waals surface area (Å²) < 4.78 is -1.40. The summed E-state index contributed by atoms with van der Waals surface area (Å²) in [6.07, 6.45) is 0. The molecule has 0 aliphatic heterocycles. The standard InChI is InChI=1S/5HI.Pb/h5*1H;/q;;;;;+4/p-4. The zero-order valence-corrected chi connectivity index (χ0v) is 17.3. The maximum atomic E-state index is 2.56. The van der Waals surface area contributed by atoms with E-state index in [-0.39, 0.29) is 24.0 Å². The summed E-state index contributed by atoms with van der Waals surface area (Å²) in [5, 5.41) is 0. The van der Waals surface area contributed by atoms with E-state index in [0.29, 0.717) is 0 Å². The van der Waals surface area contributed by atoms with Crippen molar-refractivity contribution in [1.82, 2.24) is 0 Å². The van der Waals surface area contributed by atoms with Crippen LogP contribution >= 0.6 is 95.0 Å². The minimum absolute atomic E-state index is 0. The predicted molar refractivity (Wildman–Crippen MR) is 77.2 cm³/mol. The molecule has 0 amide bonds. The summed E-state index contributed by atoms with van der Waals surface area (Å²) in [5.74, 6) is 0. The molecule has 6 heavy (non-hydrogen) atoms. The zero-order valence-electron chi connectivity index (χ0n) is 2.42. The molecule has 0 radical (unpaired) electrons. The Kier molecular flexibility index (Phi) is 13.8. The first-order valence-corrected chi connectivity index (χ1v) is 44.5. The van der Waals surface area contributed by atoms with Crippen molar-refractivity contribution in [3.05, 3.63) is 0 Å². The van der Waals surface area contributed by atoms with Gasteiger partial charge >= 0.3 is 75.0 Å². The Hall–Kier alpha value is 4.57. The molecule has 0 saturated heterocycles. The monoisotopic (exact) mass is 844 g/mol. The van der Waals surface area contributed by atoms with Crippen molar-refractivity contribution in [3.8, 4) is 0 Å². The Bertz CT molecular complexity index is 19.4. The van der Waals surface area contributed by atoms with Gasteiger partial charge in [0.1, 0.15) is 0 Å². The normalized spacial score (nSPS) is 10.0. The summed E-state index contributed by atoms with van der Waals surface area (Å²) in [4.78, 5) is 0. The van der Waals surface area contributed by atoms with E-state index in [2.05, 4.69) is 71.0 Å². The van der Waals surface area contributed by atoms with Gasteiger partial charge in [-0.15, -0.1) is 24.0 Å². The van der Waals surface area contributed by atoms with Crippen LogP contribution in [0.25, 0.3) is 0 Å². The van der Waals surface area contributed by atoms with Crippen LogP contribution in [0.1, 0.15) is 0 Å². The second-order valence-corrected chi connectivity index (χ2v) is 169. The average molecular weight is 843 g/mol. The molecule has 0 N–H and O–H groups in total. The fourth-order valence-corrected chi connectivity index (χ4v) is 0. The van der Waals surface area contributed by atoms with E-state index < -0.39 is 4.00 Å². The Labute approximate surface area is 95.2 Å². The van der Waals surface area contributed by atoms with Crippen LogP contribution in [0.4, 0.5) is 0 Å². The van der Waals surface area contributed by atoms with Gasteiger partial charge in [-0.2, -0.15) is 0 Å². The van der Waals surface area contributed by atoms with E-state index in [0.717, 1.165) is 0 Å². The van der Waals surface area contributed by atoms with E-state index in [1.54, 1.807) is 0 Å². The van der Waals surface area contributed by atoms with Crippen molar-refractivity contribution in [2.75, 3.05) is 0 Å². The molecule has 0 rings (SSSR count). The first-order valence-electron chi connectivity index (χ1n) is 0.756. The van der Waals surface area contributed by atoms with Gasteiger partial charge in [0.25, 0.3) is 0 Å². The van der Waals surface area contributed by atoms with Crippen LogP contribution in [0, 0.1) is 0 Å². The number of rotatable bonds is 0. The maximum absolute atomic E-state index is 2.56. The van der Waals surface area contributed by atoms with Crippen LogP contribution < -0.4 is 0 Å². The number of halogens is 5. The molecule has 0 spiro atoms. The minimum atomic E-state index is -1.40. The van der Waals surface area contributed by atoms with Crippen LogP contribution in [0.15, 0.2) is 0 Å². The molecule has 0 nitrogen and oxygen atoms in total. The van der Waals surface area contributed by atoms with Crippen LogP contribution in [0.2, 0.25) is 0 Å². The van der Waals surface area contributed by atoms with Gasteiger partial charge in [0.05, 0.1) is 0 Å². The Morgan fingerprint density at radius 1 is 0.833 bits per heavy atom. The van der Waals surface area contributed by atoms with Crippen molar-refractivity contribution in [3.63, 3.8) is 0 Å².